The van der Waals surface area contributed by atoms with E-state index in [0.29, 0.717) is 30.8 Å². The molecule has 3 aliphatic heterocycles. The Kier molecular flexibility index (Phi) is 5.35. The van der Waals surface area contributed by atoms with Crippen molar-refractivity contribution in [1.29, 1.82) is 0 Å². The Morgan fingerprint density at radius 1 is 1.31 bits per heavy atom. The molecule has 5 atom stereocenters. The molecular weight excluding hydrogens is 332 g/mol. The van der Waals surface area contributed by atoms with Crippen LogP contribution in [0.4, 0.5) is 0 Å². The molecule has 0 amide bonds. The molecule has 0 aliphatic carbocycles. The Balaban J connectivity index is 1.96. The standard InChI is InChI=1S/C21H32O5/c1-13(2)15-9-8-14-7-6-10-20(3,26-19(14)23)16(22)12-18-21(4,25-18)17(11-15)24-5/h7,11,13,16-18,22H,6,8-10,12H2,1-5H3. The zero-order valence-corrected chi connectivity index (χ0v) is 16.6. The van der Waals surface area contributed by atoms with Crippen molar-refractivity contribution in [3.63, 3.8) is 0 Å². The second kappa shape index (κ2) is 7.10. The van der Waals surface area contributed by atoms with Gasteiger partial charge in [-0.15, -0.1) is 0 Å². The molecule has 5 unspecified atom stereocenters. The van der Waals surface area contributed by atoms with E-state index in [4.69, 9.17) is 14.2 Å². The Bertz CT molecular complexity index is 622. The number of hydrogen-bond donors (Lipinski definition) is 1. The van der Waals surface area contributed by atoms with Gasteiger partial charge in [-0.25, -0.2) is 4.79 Å². The van der Waals surface area contributed by atoms with Gasteiger partial charge in [0.2, 0.25) is 0 Å². The first kappa shape index (κ1) is 19.6. The van der Waals surface area contributed by atoms with Crippen LogP contribution in [0.5, 0.6) is 0 Å². The average Bonchev–Trinajstić information content (AvgIpc) is 3.24. The number of rotatable bonds is 2. The van der Waals surface area contributed by atoms with Gasteiger partial charge >= 0.3 is 5.97 Å². The summed E-state index contributed by atoms with van der Waals surface area (Å²) in [5.74, 6) is 0.0611. The lowest BCUT2D eigenvalue weighted by atomic mass is 9.86. The zero-order chi connectivity index (χ0) is 19.1. The molecule has 5 nitrogen and oxygen atoms in total. The minimum absolute atomic E-state index is 0.112. The van der Waals surface area contributed by atoms with E-state index in [0.717, 1.165) is 12.8 Å². The monoisotopic (exact) mass is 364 g/mol. The fraction of sp³-hybridized carbons (Fsp3) is 0.762. The van der Waals surface area contributed by atoms with Gasteiger partial charge in [0.05, 0.1) is 12.2 Å². The summed E-state index contributed by atoms with van der Waals surface area (Å²) in [5, 5.41) is 10.8. The maximum atomic E-state index is 12.6. The molecule has 1 fully saturated rings. The predicted octanol–water partition coefficient (Wildman–Crippen LogP) is 3.31. The van der Waals surface area contributed by atoms with Crippen molar-refractivity contribution in [3.05, 3.63) is 23.3 Å². The summed E-state index contributed by atoms with van der Waals surface area (Å²) in [6.07, 6.45) is 6.31. The number of fused-ring (bicyclic) bond motifs is 4. The van der Waals surface area contributed by atoms with Gasteiger partial charge < -0.3 is 19.3 Å². The summed E-state index contributed by atoms with van der Waals surface area (Å²) in [5.41, 5.74) is 0.645. The number of carbonyl (C=O) groups is 1. The minimum Gasteiger partial charge on any atom is -0.453 e. The lowest BCUT2D eigenvalue weighted by Gasteiger charge is -2.33. The first-order valence-electron chi connectivity index (χ1n) is 9.71. The third-order valence-electron chi connectivity index (χ3n) is 6.35. The fourth-order valence-electron chi connectivity index (χ4n) is 4.15. The SMILES string of the molecule is COC1C=C(C(C)C)CCC2=CCCC(C)(OC2=O)C(O)CC2OC12C. The molecule has 1 N–H and O–H groups in total. The number of methoxy groups -OCH3 is 1. The van der Waals surface area contributed by atoms with Crippen molar-refractivity contribution in [2.45, 2.75) is 89.3 Å². The van der Waals surface area contributed by atoms with Crippen LogP contribution < -0.4 is 0 Å². The molecule has 0 radical (unpaired) electrons. The lowest BCUT2D eigenvalue weighted by molar-refractivity contribution is -0.167. The van der Waals surface area contributed by atoms with E-state index in [1.54, 1.807) is 7.11 Å². The summed E-state index contributed by atoms with van der Waals surface area (Å²) in [6, 6.07) is 0. The van der Waals surface area contributed by atoms with E-state index in [9.17, 15) is 9.90 Å². The quantitative estimate of drug-likeness (QED) is 0.462. The van der Waals surface area contributed by atoms with Crippen LogP contribution in [0, 0.1) is 5.92 Å². The average molecular weight is 364 g/mol. The van der Waals surface area contributed by atoms with Crippen LogP contribution in [-0.4, -0.2) is 47.7 Å². The second-order valence-corrected chi connectivity index (χ2v) is 8.56. The van der Waals surface area contributed by atoms with Crippen molar-refractivity contribution in [2.24, 2.45) is 5.92 Å². The van der Waals surface area contributed by atoms with Crippen LogP contribution in [0.15, 0.2) is 23.3 Å². The largest absolute Gasteiger partial charge is 0.453 e. The molecule has 0 aromatic rings. The summed E-state index contributed by atoms with van der Waals surface area (Å²) >= 11 is 0. The molecule has 0 spiro atoms. The number of ether oxygens (including phenoxy) is 3. The third-order valence-corrected chi connectivity index (χ3v) is 6.35. The molecule has 5 heteroatoms. The van der Waals surface area contributed by atoms with Crippen molar-refractivity contribution in [2.75, 3.05) is 7.11 Å². The first-order chi connectivity index (χ1) is 12.2. The van der Waals surface area contributed by atoms with E-state index in [1.165, 1.54) is 5.57 Å². The van der Waals surface area contributed by atoms with E-state index in [1.807, 2.05) is 19.9 Å². The lowest BCUT2D eigenvalue weighted by Crippen LogP contribution is -2.44. The fourth-order valence-corrected chi connectivity index (χ4v) is 4.15. The molecule has 0 aromatic heterocycles. The van der Waals surface area contributed by atoms with E-state index in [2.05, 4.69) is 19.9 Å². The van der Waals surface area contributed by atoms with Gasteiger partial charge in [0.1, 0.15) is 17.3 Å². The maximum absolute atomic E-state index is 12.6. The number of esters is 1. The number of aliphatic hydroxyl groups is 1. The van der Waals surface area contributed by atoms with Gasteiger partial charge in [0.25, 0.3) is 0 Å². The second-order valence-electron chi connectivity index (χ2n) is 8.56. The number of allylic oxidation sites excluding steroid dienone is 2. The van der Waals surface area contributed by atoms with Gasteiger partial charge in [0.15, 0.2) is 0 Å². The molecule has 146 valence electrons. The summed E-state index contributed by atoms with van der Waals surface area (Å²) in [6.45, 7) is 8.18. The Morgan fingerprint density at radius 3 is 2.69 bits per heavy atom. The highest BCUT2D eigenvalue weighted by molar-refractivity contribution is 5.89. The summed E-state index contributed by atoms with van der Waals surface area (Å²) in [4.78, 5) is 12.6. The molecule has 0 aromatic carbocycles. The summed E-state index contributed by atoms with van der Waals surface area (Å²) < 4.78 is 17.5. The van der Waals surface area contributed by atoms with E-state index in [-0.39, 0.29) is 18.2 Å². The van der Waals surface area contributed by atoms with Crippen molar-refractivity contribution >= 4 is 5.97 Å². The molecule has 3 heterocycles. The van der Waals surface area contributed by atoms with Crippen molar-refractivity contribution in [3.8, 4) is 0 Å². The maximum Gasteiger partial charge on any atom is 0.334 e. The van der Waals surface area contributed by atoms with Gasteiger partial charge in [-0.1, -0.05) is 31.6 Å². The van der Waals surface area contributed by atoms with Crippen LogP contribution in [-0.2, 0) is 19.0 Å². The molecule has 1 saturated heterocycles. The normalized spacial score (nSPS) is 41.0. The van der Waals surface area contributed by atoms with Crippen molar-refractivity contribution in [1.82, 2.24) is 0 Å². The highest BCUT2D eigenvalue weighted by Crippen LogP contribution is 2.46. The number of aliphatic hydroxyl groups excluding tert-OH is 1. The number of carbonyl (C=O) groups excluding carboxylic acids is 1. The smallest absolute Gasteiger partial charge is 0.334 e. The topological polar surface area (TPSA) is 68.3 Å². The molecule has 3 aliphatic rings. The Morgan fingerprint density at radius 2 is 2.04 bits per heavy atom. The zero-order valence-electron chi connectivity index (χ0n) is 16.6. The molecule has 0 saturated carbocycles. The minimum atomic E-state index is -0.882. The molecule has 3 rings (SSSR count). The first-order valence-corrected chi connectivity index (χ1v) is 9.71. The van der Waals surface area contributed by atoms with Gasteiger partial charge in [-0.3, -0.25) is 0 Å². The molecule has 26 heavy (non-hydrogen) atoms. The highest BCUT2D eigenvalue weighted by atomic mass is 16.6. The van der Waals surface area contributed by atoms with Crippen molar-refractivity contribution < 1.29 is 24.1 Å². The van der Waals surface area contributed by atoms with Crippen LogP contribution in [0.1, 0.15) is 59.8 Å². The summed E-state index contributed by atoms with van der Waals surface area (Å²) in [7, 11) is 1.70. The van der Waals surface area contributed by atoms with Crippen LogP contribution in [0.3, 0.4) is 0 Å². The predicted molar refractivity (Wildman–Crippen MR) is 98.7 cm³/mol. The van der Waals surface area contributed by atoms with E-state index < -0.39 is 17.3 Å². The van der Waals surface area contributed by atoms with Crippen LogP contribution in [0.25, 0.3) is 0 Å². The molecular formula is C21H32O5. The number of epoxide rings is 1. The highest BCUT2D eigenvalue weighted by Gasteiger charge is 2.59. The third kappa shape index (κ3) is 3.62. The van der Waals surface area contributed by atoms with Gasteiger partial charge in [-0.2, -0.15) is 0 Å². The van der Waals surface area contributed by atoms with Gasteiger partial charge in [0, 0.05) is 19.1 Å². The van der Waals surface area contributed by atoms with E-state index >= 15 is 0 Å². The Hall–Kier alpha value is -1.17. The Labute approximate surface area is 156 Å². The van der Waals surface area contributed by atoms with Gasteiger partial charge in [-0.05, 0) is 45.4 Å². The van der Waals surface area contributed by atoms with Crippen LogP contribution >= 0.6 is 0 Å². The number of hydrogen-bond acceptors (Lipinski definition) is 5. The van der Waals surface area contributed by atoms with Crippen LogP contribution in [0.2, 0.25) is 0 Å². The molecule has 2 bridgehead atoms.